The molecule has 1 rings (SSSR count). The summed E-state index contributed by atoms with van der Waals surface area (Å²) < 4.78 is 0. The SMILES string of the molecule is CCC(C)NC(=O)CCNC1CCCC1. The lowest BCUT2D eigenvalue weighted by atomic mass is 10.2. The summed E-state index contributed by atoms with van der Waals surface area (Å²) in [6.07, 6.45) is 6.87. The molecule has 0 spiro atoms. The van der Waals surface area contributed by atoms with Gasteiger partial charge in [-0.3, -0.25) is 4.79 Å². The lowest BCUT2D eigenvalue weighted by molar-refractivity contribution is -0.121. The third-order valence-corrected chi connectivity index (χ3v) is 3.16. The third kappa shape index (κ3) is 5.17. The van der Waals surface area contributed by atoms with Gasteiger partial charge in [-0.1, -0.05) is 19.8 Å². The molecule has 1 saturated carbocycles. The van der Waals surface area contributed by atoms with E-state index < -0.39 is 0 Å². The molecule has 0 aliphatic heterocycles. The van der Waals surface area contributed by atoms with Gasteiger partial charge in [0, 0.05) is 25.0 Å². The van der Waals surface area contributed by atoms with E-state index in [2.05, 4.69) is 17.6 Å². The number of nitrogens with one attached hydrogen (secondary N) is 2. The van der Waals surface area contributed by atoms with Crippen molar-refractivity contribution in [2.24, 2.45) is 0 Å². The maximum Gasteiger partial charge on any atom is 0.221 e. The number of rotatable bonds is 6. The zero-order valence-corrected chi connectivity index (χ0v) is 10.0. The van der Waals surface area contributed by atoms with Gasteiger partial charge < -0.3 is 10.6 Å². The molecule has 1 aliphatic carbocycles. The summed E-state index contributed by atoms with van der Waals surface area (Å²) >= 11 is 0. The van der Waals surface area contributed by atoms with Crippen LogP contribution in [0.2, 0.25) is 0 Å². The molecule has 0 aromatic heterocycles. The number of hydrogen-bond donors (Lipinski definition) is 2. The first-order chi connectivity index (χ1) is 7.22. The first-order valence-electron chi connectivity index (χ1n) is 6.25. The van der Waals surface area contributed by atoms with Crippen molar-refractivity contribution in [2.75, 3.05) is 6.54 Å². The van der Waals surface area contributed by atoms with Crippen molar-refractivity contribution in [3.05, 3.63) is 0 Å². The number of carbonyl (C=O) groups is 1. The van der Waals surface area contributed by atoms with E-state index in [9.17, 15) is 4.79 Å². The van der Waals surface area contributed by atoms with E-state index in [1.54, 1.807) is 0 Å². The molecule has 1 fully saturated rings. The van der Waals surface area contributed by atoms with E-state index in [0.717, 1.165) is 13.0 Å². The topological polar surface area (TPSA) is 41.1 Å². The molecule has 1 amide bonds. The first-order valence-corrected chi connectivity index (χ1v) is 6.25. The van der Waals surface area contributed by atoms with E-state index in [4.69, 9.17) is 0 Å². The van der Waals surface area contributed by atoms with Gasteiger partial charge in [-0.2, -0.15) is 0 Å². The molecule has 1 unspecified atom stereocenters. The Bertz CT molecular complexity index is 188. The molecular weight excluding hydrogens is 188 g/mol. The fourth-order valence-electron chi connectivity index (χ4n) is 1.97. The molecule has 3 nitrogen and oxygen atoms in total. The van der Waals surface area contributed by atoms with Gasteiger partial charge in [-0.05, 0) is 26.2 Å². The second-order valence-corrected chi connectivity index (χ2v) is 4.56. The van der Waals surface area contributed by atoms with Gasteiger partial charge in [0.25, 0.3) is 0 Å². The molecule has 0 heterocycles. The van der Waals surface area contributed by atoms with Crippen LogP contribution in [-0.4, -0.2) is 24.5 Å². The minimum Gasteiger partial charge on any atom is -0.354 e. The summed E-state index contributed by atoms with van der Waals surface area (Å²) in [4.78, 5) is 11.4. The van der Waals surface area contributed by atoms with Crippen LogP contribution in [-0.2, 0) is 4.79 Å². The Kier molecular flexibility index (Phi) is 5.69. The fourth-order valence-corrected chi connectivity index (χ4v) is 1.97. The molecule has 3 heteroatoms. The van der Waals surface area contributed by atoms with Crippen LogP contribution in [0.4, 0.5) is 0 Å². The highest BCUT2D eigenvalue weighted by molar-refractivity contribution is 5.76. The van der Waals surface area contributed by atoms with Crippen LogP contribution in [0, 0.1) is 0 Å². The van der Waals surface area contributed by atoms with Crippen molar-refractivity contribution in [2.45, 2.75) is 64.5 Å². The Balaban J connectivity index is 2.01. The van der Waals surface area contributed by atoms with E-state index in [1.165, 1.54) is 25.7 Å². The molecule has 0 radical (unpaired) electrons. The molecule has 0 aromatic rings. The Morgan fingerprint density at radius 3 is 2.67 bits per heavy atom. The van der Waals surface area contributed by atoms with Crippen LogP contribution < -0.4 is 10.6 Å². The minimum absolute atomic E-state index is 0.176. The second-order valence-electron chi connectivity index (χ2n) is 4.56. The highest BCUT2D eigenvalue weighted by Gasteiger charge is 2.14. The summed E-state index contributed by atoms with van der Waals surface area (Å²) in [5, 5.41) is 6.42. The van der Waals surface area contributed by atoms with Gasteiger partial charge >= 0.3 is 0 Å². The molecule has 0 saturated heterocycles. The number of hydrogen-bond acceptors (Lipinski definition) is 2. The van der Waals surface area contributed by atoms with Crippen LogP contribution in [0.1, 0.15) is 52.4 Å². The van der Waals surface area contributed by atoms with Gasteiger partial charge in [0.1, 0.15) is 0 Å². The Labute approximate surface area is 93.0 Å². The molecular formula is C12H24N2O. The van der Waals surface area contributed by atoms with E-state index in [1.807, 2.05) is 6.92 Å². The molecule has 15 heavy (non-hydrogen) atoms. The highest BCUT2D eigenvalue weighted by atomic mass is 16.1. The van der Waals surface area contributed by atoms with Crippen molar-refractivity contribution in [1.29, 1.82) is 0 Å². The van der Waals surface area contributed by atoms with Gasteiger partial charge in [-0.15, -0.1) is 0 Å². The molecule has 1 atom stereocenters. The fraction of sp³-hybridized carbons (Fsp3) is 0.917. The summed E-state index contributed by atoms with van der Waals surface area (Å²) in [6.45, 7) is 4.96. The maximum atomic E-state index is 11.4. The van der Waals surface area contributed by atoms with Crippen LogP contribution in [0.5, 0.6) is 0 Å². The largest absolute Gasteiger partial charge is 0.354 e. The van der Waals surface area contributed by atoms with Gasteiger partial charge in [-0.25, -0.2) is 0 Å². The average Bonchev–Trinajstić information content (AvgIpc) is 2.70. The van der Waals surface area contributed by atoms with Crippen molar-refractivity contribution >= 4 is 5.91 Å². The second kappa shape index (κ2) is 6.83. The lowest BCUT2D eigenvalue weighted by Crippen LogP contribution is -2.35. The normalized spacial score (nSPS) is 19.1. The molecule has 1 aliphatic rings. The highest BCUT2D eigenvalue weighted by Crippen LogP contribution is 2.17. The third-order valence-electron chi connectivity index (χ3n) is 3.16. The quantitative estimate of drug-likeness (QED) is 0.705. The zero-order valence-electron chi connectivity index (χ0n) is 10.0. The van der Waals surface area contributed by atoms with Crippen molar-refractivity contribution in [3.8, 4) is 0 Å². The van der Waals surface area contributed by atoms with Crippen molar-refractivity contribution < 1.29 is 4.79 Å². The summed E-state index contributed by atoms with van der Waals surface area (Å²) in [7, 11) is 0. The van der Waals surface area contributed by atoms with Crippen LogP contribution in [0.3, 0.4) is 0 Å². The van der Waals surface area contributed by atoms with E-state index >= 15 is 0 Å². The van der Waals surface area contributed by atoms with Crippen molar-refractivity contribution in [3.63, 3.8) is 0 Å². The van der Waals surface area contributed by atoms with Crippen LogP contribution in [0.25, 0.3) is 0 Å². The monoisotopic (exact) mass is 212 g/mol. The molecule has 2 N–H and O–H groups in total. The molecule has 0 bridgehead atoms. The summed E-state index contributed by atoms with van der Waals surface area (Å²) in [5.41, 5.74) is 0. The number of amides is 1. The smallest absolute Gasteiger partial charge is 0.221 e. The number of carbonyl (C=O) groups excluding carboxylic acids is 1. The van der Waals surface area contributed by atoms with Crippen molar-refractivity contribution in [1.82, 2.24) is 10.6 Å². The predicted molar refractivity (Wildman–Crippen MR) is 62.8 cm³/mol. The molecule has 0 aromatic carbocycles. The van der Waals surface area contributed by atoms with Gasteiger partial charge in [0.05, 0.1) is 0 Å². The predicted octanol–water partition coefficient (Wildman–Crippen LogP) is 1.82. The zero-order chi connectivity index (χ0) is 11.1. The van der Waals surface area contributed by atoms with Crippen LogP contribution in [0.15, 0.2) is 0 Å². The van der Waals surface area contributed by atoms with E-state index in [-0.39, 0.29) is 5.91 Å². The van der Waals surface area contributed by atoms with Gasteiger partial charge in [0.15, 0.2) is 0 Å². The summed E-state index contributed by atoms with van der Waals surface area (Å²) in [6, 6.07) is 0.977. The Hall–Kier alpha value is -0.570. The van der Waals surface area contributed by atoms with Crippen LogP contribution >= 0.6 is 0 Å². The average molecular weight is 212 g/mol. The Morgan fingerprint density at radius 2 is 2.07 bits per heavy atom. The maximum absolute atomic E-state index is 11.4. The first kappa shape index (κ1) is 12.5. The van der Waals surface area contributed by atoms with Gasteiger partial charge in [0.2, 0.25) is 5.91 Å². The Morgan fingerprint density at radius 1 is 1.40 bits per heavy atom. The minimum atomic E-state index is 0.176. The standard InChI is InChI=1S/C12H24N2O/c1-3-10(2)14-12(15)8-9-13-11-6-4-5-7-11/h10-11,13H,3-9H2,1-2H3,(H,14,15). The van der Waals surface area contributed by atoms with E-state index in [0.29, 0.717) is 18.5 Å². The molecule has 88 valence electrons. The lowest BCUT2D eigenvalue weighted by Gasteiger charge is -2.13. The summed E-state index contributed by atoms with van der Waals surface area (Å²) in [5.74, 6) is 0.176.